The minimum absolute atomic E-state index is 0.00999. The summed E-state index contributed by atoms with van der Waals surface area (Å²) in [5.41, 5.74) is 0.417. The van der Waals surface area contributed by atoms with Gasteiger partial charge in [0.1, 0.15) is 5.82 Å². The topological polar surface area (TPSA) is 62.2 Å². The zero-order valence-corrected chi connectivity index (χ0v) is 9.88. The number of carbonyl (C=O) groups is 1. The van der Waals surface area contributed by atoms with Crippen LogP contribution in [0.2, 0.25) is 0 Å². The van der Waals surface area contributed by atoms with Crippen molar-refractivity contribution < 1.29 is 23.1 Å². The highest BCUT2D eigenvalue weighted by Gasteiger charge is 2.30. The number of nitrogens with zero attached hydrogens (tertiary/aromatic N) is 1. The van der Waals surface area contributed by atoms with Crippen molar-refractivity contribution >= 4 is 11.8 Å². The van der Waals surface area contributed by atoms with Crippen molar-refractivity contribution in [3.05, 3.63) is 23.4 Å². The first kappa shape index (κ1) is 14.3. The van der Waals surface area contributed by atoms with E-state index in [4.69, 9.17) is 5.11 Å². The molecule has 0 aliphatic heterocycles. The fourth-order valence-corrected chi connectivity index (χ4v) is 1.52. The Bertz CT molecular complexity index is 446. The van der Waals surface area contributed by atoms with E-state index >= 15 is 0 Å². The molecule has 100 valence electrons. The van der Waals surface area contributed by atoms with Crippen molar-refractivity contribution in [2.75, 3.05) is 5.32 Å². The summed E-state index contributed by atoms with van der Waals surface area (Å²) in [6.07, 6.45) is -5.28. The highest BCUT2D eigenvalue weighted by molar-refractivity contribution is 5.88. The van der Waals surface area contributed by atoms with Crippen LogP contribution in [0.4, 0.5) is 19.0 Å². The third-order valence-electron chi connectivity index (χ3n) is 2.13. The quantitative estimate of drug-likeness (QED) is 0.875. The van der Waals surface area contributed by atoms with E-state index in [1.165, 1.54) is 19.1 Å². The number of halogens is 3. The molecule has 4 nitrogen and oxygen atoms in total. The number of aromatic nitrogens is 1. The summed E-state index contributed by atoms with van der Waals surface area (Å²) in [6, 6.07) is 1.69. The van der Waals surface area contributed by atoms with Gasteiger partial charge in [0, 0.05) is 11.7 Å². The molecule has 0 aliphatic carbocycles. The normalized spacial score (nSPS) is 13.2. The number of rotatable bonds is 4. The highest BCUT2D eigenvalue weighted by atomic mass is 19.4. The SMILES string of the molecule is Cc1cc(C(=O)O)cc(NC(C)CC(F)(F)F)n1. The van der Waals surface area contributed by atoms with Crippen molar-refractivity contribution in [3.63, 3.8) is 0 Å². The molecular formula is C11H13F3N2O2. The molecule has 0 bridgehead atoms. The van der Waals surface area contributed by atoms with Gasteiger partial charge in [-0.3, -0.25) is 0 Å². The molecule has 0 saturated heterocycles. The van der Waals surface area contributed by atoms with Gasteiger partial charge in [0.2, 0.25) is 0 Å². The summed E-state index contributed by atoms with van der Waals surface area (Å²) in [7, 11) is 0. The Morgan fingerprint density at radius 3 is 2.61 bits per heavy atom. The number of hydrogen-bond acceptors (Lipinski definition) is 3. The van der Waals surface area contributed by atoms with Crippen LogP contribution in [0.1, 0.15) is 29.4 Å². The largest absolute Gasteiger partial charge is 0.478 e. The van der Waals surface area contributed by atoms with Crippen molar-refractivity contribution in [1.29, 1.82) is 0 Å². The standard InChI is InChI=1S/C11H13F3N2O2/c1-6-3-8(10(17)18)4-9(15-6)16-7(2)5-11(12,13)14/h3-4,7H,5H2,1-2H3,(H,15,16)(H,17,18). The lowest BCUT2D eigenvalue weighted by Gasteiger charge is -2.16. The van der Waals surface area contributed by atoms with Gasteiger partial charge in [0.05, 0.1) is 12.0 Å². The molecule has 1 aromatic rings. The van der Waals surface area contributed by atoms with Gasteiger partial charge in [-0.15, -0.1) is 0 Å². The predicted molar refractivity (Wildman–Crippen MR) is 59.7 cm³/mol. The second-order valence-corrected chi connectivity index (χ2v) is 4.05. The van der Waals surface area contributed by atoms with Crippen molar-refractivity contribution in [3.8, 4) is 0 Å². The van der Waals surface area contributed by atoms with Crippen molar-refractivity contribution in [2.45, 2.75) is 32.5 Å². The van der Waals surface area contributed by atoms with Crippen LogP contribution in [0.15, 0.2) is 12.1 Å². The number of nitrogens with one attached hydrogen (secondary N) is 1. The molecule has 0 amide bonds. The maximum absolute atomic E-state index is 12.1. The van der Waals surface area contributed by atoms with Gasteiger partial charge in [0.25, 0.3) is 0 Å². The average molecular weight is 262 g/mol. The molecule has 1 aromatic heterocycles. The molecule has 0 aliphatic rings. The van der Waals surface area contributed by atoms with E-state index in [1.54, 1.807) is 6.92 Å². The first-order valence-corrected chi connectivity index (χ1v) is 5.22. The van der Waals surface area contributed by atoms with E-state index in [-0.39, 0.29) is 11.4 Å². The van der Waals surface area contributed by atoms with E-state index < -0.39 is 24.6 Å². The molecule has 2 N–H and O–H groups in total. The smallest absolute Gasteiger partial charge is 0.391 e. The maximum Gasteiger partial charge on any atom is 0.391 e. The van der Waals surface area contributed by atoms with Crippen LogP contribution in [0.3, 0.4) is 0 Å². The lowest BCUT2D eigenvalue weighted by molar-refractivity contribution is -0.136. The van der Waals surface area contributed by atoms with Crippen LogP contribution in [-0.4, -0.2) is 28.3 Å². The Hall–Kier alpha value is -1.79. The van der Waals surface area contributed by atoms with Crippen LogP contribution in [-0.2, 0) is 0 Å². The third-order valence-corrected chi connectivity index (χ3v) is 2.13. The molecule has 0 fully saturated rings. The highest BCUT2D eigenvalue weighted by Crippen LogP contribution is 2.23. The molecule has 1 heterocycles. The lowest BCUT2D eigenvalue weighted by Crippen LogP contribution is -2.24. The number of anilines is 1. The number of pyridine rings is 1. The summed E-state index contributed by atoms with van der Waals surface area (Å²) < 4.78 is 36.4. The van der Waals surface area contributed by atoms with E-state index in [9.17, 15) is 18.0 Å². The average Bonchev–Trinajstić information content (AvgIpc) is 2.12. The number of hydrogen-bond donors (Lipinski definition) is 2. The molecule has 0 spiro atoms. The summed E-state index contributed by atoms with van der Waals surface area (Å²) >= 11 is 0. The van der Waals surface area contributed by atoms with E-state index in [2.05, 4.69) is 10.3 Å². The minimum atomic E-state index is -4.27. The summed E-state index contributed by atoms with van der Waals surface area (Å²) in [5, 5.41) is 11.4. The van der Waals surface area contributed by atoms with E-state index in [0.717, 1.165) is 0 Å². The first-order valence-electron chi connectivity index (χ1n) is 5.22. The molecule has 1 unspecified atom stereocenters. The second kappa shape index (κ2) is 5.24. The van der Waals surface area contributed by atoms with Gasteiger partial charge < -0.3 is 10.4 Å². The van der Waals surface area contributed by atoms with Crippen molar-refractivity contribution in [2.24, 2.45) is 0 Å². The number of aryl methyl sites for hydroxylation is 1. The van der Waals surface area contributed by atoms with Crippen LogP contribution < -0.4 is 5.32 Å². The molecule has 0 aromatic carbocycles. The summed E-state index contributed by atoms with van der Waals surface area (Å²) in [4.78, 5) is 14.7. The van der Waals surface area contributed by atoms with Gasteiger partial charge in [0.15, 0.2) is 0 Å². The molecule has 1 atom stereocenters. The van der Waals surface area contributed by atoms with Gasteiger partial charge in [-0.2, -0.15) is 13.2 Å². The zero-order chi connectivity index (χ0) is 13.9. The van der Waals surface area contributed by atoms with Crippen LogP contribution in [0.5, 0.6) is 0 Å². The third kappa shape index (κ3) is 4.60. The van der Waals surface area contributed by atoms with E-state index in [0.29, 0.717) is 5.69 Å². The minimum Gasteiger partial charge on any atom is -0.478 e. The Kier molecular flexibility index (Phi) is 4.15. The molecule has 1 rings (SSSR count). The van der Waals surface area contributed by atoms with Gasteiger partial charge in [-0.05, 0) is 26.0 Å². The Morgan fingerprint density at radius 1 is 1.50 bits per heavy atom. The number of carboxylic acids is 1. The van der Waals surface area contributed by atoms with Gasteiger partial charge in [-0.1, -0.05) is 0 Å². The number of alkyl halides is 3. The predicted octanol–water partition coefficient (Wildman–Crippen LogP) is 2.84. The van der Waals surface area contributed by atoms with Gasteiger partial charge in [-0.25, -0.2) is 9.78 Å². The molecular weight excluding hydrogens is 249 g/mol. The van der Waals surface area contributed by atoms with Crippen LogP contribution >= 0.6 is 0 Å². The Labute approximate surface area is 102 Å². The summed E-state index contributed by atoms with van der Waals surface area (Å²) in [5.74, 6) is -1.02. The molecule has 7 heteroatoms. The molecule has 0 radical (unpaired) electrons. The lowest BCUT2D eigenvalue weighted by atomic mass is 10.2. The van der Waals surface area contributed by atoms with Crippen molar-refractivity contribution in [1.82, 2.24) is 4.98 Å². The van der Waals surface area contributed by atoms with Gasteiger partial charge >= 0.3 is 12.1 Å². The summed E-state index contributed by atoms with van der Waals surface area (Å²) in [6.45, 7) is 2.93. The second-order valence-electron chi connectivity index (χ2n) is 4.05. The van der Waals surface area contributed by atoms with E-state index in [1.807, 2.05) is 0 Å². The number of aromatic carboxylic acids is 1. The fourth-order valence-electron chi connectivity index (χ4n) is 1.52. The van der Waals surface area contributed by atoms with Crippen LogP contribution in [0, 0.1) is 6.92 Å². The Balaban J connectivity index is 2.81. The van der Waals surface area contributed by atoms with Crippen LogP contribution in [0.25, 0.3) is 0 Å². The maximum atomic E-state index is 12.1. The molecule has 18 heavy (non-hydrogen) atoms. The zero-order valence-electron chi connectivity index (χ0n) is 9.88. The monoisotopic (exact) mass is 262 g/mol. The fraction of sp³-hybridized carbons (Fsp3) is 0.455. The number of carboxylic acid groups (broad SMARTS) is 1. The molecule has 0 saturated carbocycles. The first-order chi connectivity index (χ1) is 8.17. The Morgan fingerprint density at radius 2 is 2.11 bits per heavy atom.